The average molecular weight is 367 g/mol. The van der Waals surface area contributed by atoms with Crippen LogP contribution in [-0.2, 0) is 17.6 Å². The van der Waals surface area contributed by atoms with Crippen molar-refractivity contribution in [2.45, 2.75) is 63.7 Å². The molecule has 5 nitrogen and oxygen atoms in total. The summed E-state index contributed by atoms with van der Waals surface area (Å²) in [5, 5.41) is 12.8. The van der Waals surface area contributed by atoms with Crippen molar-refractivity contribution < 1.29 is 9.90 Å². The number of aromatic nitrogens is 2. The van der Waals surface area contributed by atoms with E-state index >= 15 is 0 Å². The number of aliphatic carboxylic acids is 1. The van der Waals surface area contributed by atoms with Crippen molar-refractivity contribution in [3.63, 3.8) is 0 Å². The third-order valence-electron chi connectivity index (χ3n) is 5.26. The molecule has 2 aromatic heterocycles. The molecule has 144 valence electrons. The molecule has 0 spiro atoms. The van der Waals surface area contributed by atoms with Crippen LogP contribution in [0.1, 0.15) is 67.7 Å². The largest absolute Gasteiger partial charge is 0.481 e. The van der Waals surface area contributed by atoms with Crippen molar-refractivity contribution in [1.82, 2.24) is 9.97 Å². The minimum absolute atomic E-state index is 0.439. The fourth-order valence-electron chi connectivity index (χ4n) is 3.71. The first kappa shape index (κ1) is 19.3. The Morgan fingerprint density at radius 3 is 2.81 bits per heavy atom. The number of carbonyl (C=O) groups is 1. The molecule has 0 bridgehead atoms. The average Bonchev–Trinajstić information content (AvgIpc) is 2.70. The second kappa shape index (κ2) is 10.0. The van der Waals surface area contributed by atoms with Gasteiger partial charge in [-0.3, -0.25) is 9.78 Å². The fraction of sp³-hybridized carbons (Fsp3) is 0.500. The van der Waals surface area contributed by atoms with E-state index in [4.69, 9.17) is 4.98 Å². The van der Waals surface area contributed by atoms with Gasteiger partial charge in [-0.15, -0.1) is 0 Å². The van der Waals surface area contributed by atoms with Crippen LogP contribution in [0, 0.1) is 0 Å². The number of nitrogens with one attached hydrogen (secondary N) is 1. The second-order valence-corrected chi connectivity index (χ2v) is 7.32. The molecule has 3 rings (SSSR count). The molecule has 0 fully saturated rings. The first-order chi connectivity index (χ1) is 13.2. The van der Waals surface area contributed by atoms with Crippen LogP contribution in [0.15, 0.2) is 36.7 Å². The number of fused-ring (bicyclic) bond motifs is 1. The van der Waals surface area contributed by atoms with Crippen LogP contribution in [0.25, 0.3) is 0 Å². The summed E-state index contributed by atoms with van der Waals surface area (Å²) in [5.41, 5.74) is 3.31. The molecule has 1 atom stereocenters. The van der Waals surface area contributed by atoms with Crippen LogP contribution in [0.4, 0.5) is 5.82 Å². The van der Waals surface area contributed by atoms with Crippen LogP contribution >= 0.6 is 0 Å². The Morgan fingerprint density at radius 2 is 2.00 bits per heavy atom. The standard InChI is InChI=1S/C22H29N3O2/c26-22(27)20(18-9-6-14-23-16-18)11-5-3-1-2-4-10-19-13-12-17-8-7-15-24-21(17)25-19/h6,9,12-14,16,20H,1-5,7-8,10-11,15H2,(H,24,25)(H,26,27)/t20-/m0/s1. The fourth-order valence-corrected chi connectivity index (χ4v) is 3.71. The Balaban J connectivity index is 1.33. The summed E-state index contributed by atoms with van der Waals surface area (Å²) in [7, 11) is 0. The van der Waals surface area contributed by atoms with E-state index in [1.165, 1.54) is 17.7 Å². The SMILES string of the molecule is O=C(O)[C@@H](CCCCCCCc1ccc2c(n1)NCCC2)c1cccnc1. The van der Waals surface area contributed by atoms with Gasteiger partial charge < -0.3 is 10.4 Å². The van der Waals surface area contributed by atoms with Crippen molar-refractivity contribution in [2.75, 3.05) is 11.9 Å². The number of hydrogen-bond donors (Lipinski definition) is 2. The van der Waals surface area contributed by atoms with Gasteiger partial charge in [0.25, 0.3) is 0 Å². The summed E-state index contributed by atoms with van der Waals surface area (Å²) in [5.74, 6) is -0.116. The van der Waals surface area contributed by atoms with Gasteiger partial charge in [0.1, 0.15) is 5.82 Å². The number of carboxylic acids is 1. The maximum atomic E-state index is 11.5. The van der Waals surface area contributed by atoms with Crippen molar-refractivity contribution in [3.05, 3.63) is 53.5 Å². The van der Waals surface area contributed by atoms with E-state index in [1.807, 2.05) is 6.07 Å². The summed E-state index contributed by atoms with van der Waals surface area (Å²) in [6.45, 7) is 1.03. The van der Waals surface area contributed by atoms with E-state index in [2.05, 4.69) is 22.4 Å². The normalized spacial score (nSPS) is 14.2. The molecule has 0 saturated carbocycles. The predicted octanol–water partition coefficient (Wildman–Crippen LogP) is 4.59. The van der Waals surface area contributed by atoms with Crippen LogP contribution in [0.2, 0.25) is 0 Å². The van der Waals surface area contributed by atoms with Crippen molar-refractivity contribution in [2.24, 2.45) is 0 Å². The first-order valence-corrected chi connectivity index (χ1v) is 10.1. The molecule has 1 aliphatic heterocycles. The van der Waals surface area contributed by atoms with Crippen LogP contribution in [0.5, 0.6) is 0 Å². The number of nitrogens with zero attached hydrogens (tertiary/aromatic N) is 2. The topological polar surface area (TPSA) is 75.1 Å². The monoisotopic (exact) mass is 367 g/mol. The number of rotatable bonds is 10. The molecule has 27 heavy (non-hydrogen) atoms. The highest BCUT2D eigenvalue weighted by Crippen LogP contribution is 2.23. The van der Waals surface area contributed by atoms with Gasteiger partial charge in [-0.25, -0.2) is 4.98 Å². The van der Waals surface area contributed by atoms with E-state index in [1.54, 1.807) is 18.5 Å². The van der Waals surface area contributed by atoms with Gasteiger partial charge in [-0.05, 0) is 55.4 Å². The highest BCUT2D eigenvalue weighted by Gasteiger charge is 2.19. The summed E-state index contributed by atoms with van der Waals surface area (Å²) in [6.07, 6.45) is 12.8. The molecule has 1 aliphatic rings. The zero-order valence-corrected chi connectivity index (χ0v) is 15.9. The Morgan fingerprint density at radius 1 is 1.15 bits per heavy atom. The Hall–Kier alpha value is -2.43. The minimum atomic E-state index is -0.755. The van der Waals surface area contributed by atoms with Crippen LogP contribution in [0.3, 0.4) is 0 Å². The lowest BCUT2D eigenvalue weighted by Gasteiger charge is -2.17. The van der Waals surface area contributed by atoms with E-state index in [-0.39, 0.29) is 0 Å². The molecular formula is C22H29N3O2. The minimum Gasteiger partial charge on any atom is -0.481 e. The van der Waals surface area contributed by atoms with E-state index < -0.39 is 11.9 Å². The molecule has 0 unspecified atom stereocenters. The highest BCUT2D eigenvalue weighted by atomic mass is 16.4. The summed E-state index contributed by atoms with van der Waals surface area (Å²) in [4.78, 5) is 20.3. The number of pyridine rings is 2. The molecule has 2 aromatic rings. The number of anilines is 1. The molecule has 0 aromatic carbocycles. The maximum absolute atomic E-state index is 11.5. The lowest BCUT2D eigenvalue weighted by atomic mass is 9.94. The van der Waals surface area contributed by atoms with Gasteiger partial charge in [0, 0.05) is 24.6 Å². The first-order valence-electron chi connectivity index (χ1n) is 10.1. The zero-order chi connectivity index (χ0) is 18.9. The third kappa shape index (κ3) is 5.78. The van der Waals surface area contributed by atoms with E-state index in [9.17, 15) is 9.90 Å². The molecule has 5 heteroatoms. The lowest BCUT2D eigenvalue weighted by molar-refractivity contribution is -0.139. The molecule has 3 heterocycles. The molecule has 0 aliphatic carbocycles. The predicted molar refractivity (Wildman–Crippen MR) is 107 cm³/mol. The van der Waals surface area contributed by atoms with Crippen LogP contribution < -0.4 is 5.32 Å². The number of carboxylic acid groups (broad SMARTS) is 1. The van der Waals surface area contributed by atoms with Gasteiger partial charge in [-0.1, -0.05) is 37.8 Å². The van der Waals surface area contributed by atoms with Gasteiger partial charge in [0.2, 0.25) is 0 Å². The molecular weight excluding hydrogens is 338 g/mol. The third-order valence-corrected chi connectivity index (χ3v) is 5.26. The molecule has 0 radical (unpaired) electrons. The molecule has 2 N–H and O–H groups in total. The Labute approximate surface area is 161 Å². The number of aryl methyl sites for hydroxylation is 2. The van der Waals surface area contributed by atoms with Gasteiger partial charge >= 0.3 is 5.97 Å². The van der Waals surface area contributed by atoms with Crippen molar-refractivity contribution >= 4 is 11.8 Å². The number of hydrogen-bond acceptors (Lipinski definition) is 4. The summed E-state index contributed by atoms with van der Waals surface area (Å²) in [6, 6.07) is 8.03. The van der Waals surface area contributed by atoms with Crippen molar-refractivity contribution in [1.29, 1.82) is 0 Å². The lowest BCUT2D eigenvalue weighted by Crippen LogP contribution is -2.13. The second-order valence-electron chi connectivity index (χ2n) is 7.32. The van der Waals surface area contributed by atoms with Gasteiger partial charge in [0.15, 0.2) is 0 Å². The van der Waals surface area contributed by atoms with E-state index in [0.29, 0.717) is 6.42 Å². The van der Waals surface area contributed by atoms with E-state index in [0.717, 1.165) is 62.9 Å². The Kier molecular flexibility index (Phi) is 7.19. The number of unbranched alkanes of at least 4 members (excludes halogenated alkanes) is 4. The maximum Gasteiger partial charge on any atom is 0.311 e. The van der Waals surface area contributed by atoms with Gasteiger partial charge in [-0.2, -0.15) is 0 Å². The van der Waals surface area contributed by atoms with Crippen molar-refractivity contribution in [3.8, 4) is 0 Å². The quantitative estimate of drug-likeness (QED) is 0.601. The van der Waals surface area contributed by atoms with Crippen LogP contribution in [-0.4, -0.2) is 27.6 Å². The Bertz CT molecular complexity index is 734. The highest BCUT2D eigenvalue weighted by molar-refractivity contribution is 5.75. The summed E-state index contributed by atoms with van der Waals surface area (Å²) < 4.78 is 0. The molecule has 0 saturated heterocycles. The summed E-state index contributed by atoms with van der Waals surface area (Å²) >= 11 is 0. The zero-order valence-electron chi connectivity index (χ0n) is 15.9. The molecule has 0 amide bonds. The van der Waals surface area contributed by atoms with Gasteiger partial charge in [0.05, 0.1) is 5.92 Å². The smallest absolute Gasteiger partial charge is 0.311 e.